The Hall–Kier alpha value is -2.89. The van der Waals surface area contributed by atoms with Crippen molar-refractivity contribution in [1.82, 2.24) is 15.0 Å². The minimum absolute atomic E-state index is 0.0214. The summed E-state index contributed by atoms with van der Waals surface area (Å²) in [6, 6.07) is 11.2. The number of aryl methyl sites for hydroxylation is 1. The number of benzene rings is 1. The van der Waals surface area contributed by atoms with Gasteiger partial charge in [0, 0.05) is 23.6 Å². The van der Waals surface area contributed by atoms with Gasteiger partial charge in [-0.25, -0.2) is 0 Å². The van der Waals surface area contributed by atoms with E-state index in [0.717, 1.165) is 29.9 Å². The number of carbonyl (C=O) groups excluding carboxylic acids is 1. The molecule has 3 heterocycles. The van der Waals surface area contributed by atoms with Crippen molar-refractivity contribution < 1.29 is 13.7 Å². The monoisotopic (exact) mass is 365 g/mol. The number of likely N-dealkylation sites (tertiary alicyclic amines) is 1. The topological polar surface area (TPSA) is 72.4 Å². The summed E-state index contributed by atoms with van der Waals surface area (Å²) in [6.07, 6.45) is 1.76. The first-order valence-corrected chi connectivity index (χ1v) is 9.34. The Morgan fingerprint density at radius 2 is 2.11 bits per heavy atom. The molecule has 0 spiro atoms. The minimum Gasteiger partial charge on any atom is -0.461 e. The van der Waals surface area contributed by atoms with Gasteiger partial charge in [-0.1, -0.05) is 31.1 Å². The number of furan rings is 1. The van der Waals surface area contributed by atoms with Crippen LogP contribution in [0.5, 0.6) is 0 Å². The zero-order valence-corrected chi connectivity index (χ0v) is 15.8. The molecule has 1 aliphatic heterocycles. The van der Waals surface area contributed by atoms with E-state index in [2.05, 4.69) is 10.1 Å². The maximum Gasteiger partial charge on any atom is 0.254 e. The van der Waals surface area contributed by atoms with Crippen molar-refractivity contribution in [2.75, 3.05) is 6.54 Å². The van der Waals surface area contributed by atoms with Gasteiger partial charge in [0.15, 0.2) is 5.82 Å². The Balaban J connectivity index is 1.59. The van der Waals surface area contributed by atoms with Crippen LogP contribution < -0.4 is 0 Å². The molecule has 140 valence electrons. The van der Waals surface area contributed by atoms with Crippen LogP contribution in [0.2, 0.25) is 0 Å². The van der Waals surface area contributed by atoms with Gasteiger partial charge in [-0.2, -0.15) is 4.98 Å². The maximum absolute atomic E-state index is 13.2. The number of rotatable bonds is 4. The number of amides is 1. The van der Waals surface area contributed by atoms with Gasteiger partial charge in [-0.15, -0.1) is 0 Å². The molecule has 6 nitrogen and oxygen atoms in total. The Morgan fingerprint density at radius 3 is 2.81 bits per heavy atom. The molecule has 0 radical (unpaired) electrons. The summed E-state index contributed by atoms with van der Waals surface area (Å²) >= 11 is 0. The van der Waals surface area contributed by atoms with Gasteiger partial charge in [0.1, 0.15) is 17.6 Å². The molecule has 3 aromatic rings. The van der Waals surface area contributed by atoms with Gasteiger partial charge in [0.05, 0.1) is 0 Å². The van der Waals surface area contributed by atoms with E-state index in [1.165, 1.54) is 0 Å². The lowest BCUT2D eigenvalue weighted by molar-refractivity contribution is 0.0710. The molecule has 0 bridgehead atoms. The number of aromatic nitrogens is 2. The normalized spacial score (nSPS) is 17.0. The maximum atomic E-state index is 13.2. The molecular formula is C21H23N3O3. The summed E-state index contributed by atoms with van der Waals surface area (Å²) in [5.41, 5.74) is 1.53. The number of nitrogens with zero attached hydrogens (tertiary/aromatic N) is 3. The van der Waals surface area contributed by atoms with Crippen molar-refractivity contribution in [3.8, 4) is 11.3 Å². The summed E-state index contributed by atoms with van der Waals surface area (Å²) in [6.45, 7) is 6.64. The molecule has 1 aliphatic rings. The van der Waals surface area contributed by atoms with E-state index in [0.29, 0.717) is 23.8 Å². The van der Waals surface area contributed by atoms with Crippen LogP contribution in [0.3, 0.4) is 0 Å². The Bertz CT molecular complexity index is 957. The van der Waals surface area contributed by atoms with Crippen molar-refractivity contribution in [3.05, 3.63) is 59.4 Å². The van der Waals surface area contributed by atoms with Gasteiger partial charge in [0.2, 0.25) is 5.89 Å². The zero-order chi connectivity index (χ0) is 19.0. The van der Waals surface area contributed by atoms with Crippen molar-refractivity contribution in [3.63, 3.8) is 0 Å². The summed E-state index contributed by atoms with van der Waals surface area (Å²) in [5.74, 6) is 2.99. The number of carbonyl (C=O) groups is 1. The van der Waals surface area contributed by atoms with Gasteiger partial charge < -0.3 is 13.8 Å². The third kappa shape index (κ3) is 3.39. The fourth-order valence-electron chi connectivity index (χ4n) is 3.44. The number of hydrogen-bond acceptors (Lipinski definition) is 5. The quantitative estimate of drug-likeness (QED) is 0.668. The van der Waals surface area contributed by atoms with Crippen LogP contribution in [0.4, 0.5) is 0 Å². The largest absolute Gasteiger partial charge is 0.461 e. The smallest absolute Gasteiger partial charge is 0.254 e. The summed E-state index contributed by atoms with van der Waals surface area (Å²) in [7, 11) is 0. The van der Waals surface area contributed by atoms with Crippen molar-refractivity contribution >= 4 is 5.91 Å². The molecule has 6 heteroatoms. The highest BCUT2D eigenvalue weighted by Crippen LogP contribution is 2.33. The van der Waals surface area contributed by atoms with Crippen LogP contribution in [-0.4, -0.2) is 27.5 Å². The van der Waals surface area contributed by atoms with Crippen LogP contribution >= 0.6 is 0 Å². The van der Waals surface area contributed by atoms with Crippen LogP contribution in [0, 0.1) is 6.92 Å². The highest BCUT2D eigenvalue weighted by atomic mass is 16.5. The summed E-state index contributed by atoms with van der Waals surface area (Å²) < 4.78 is 11.1. The average molecular weight is 365 g/mol. The predicted octanol–water partition coefficient (Wildman–Crippen LogP) is 4.74. The Kier molecular flexibility index (Phi) is 4.56. The van der Waals surface area contributed by atoms with E-state index in [1.54, 1.807) is 0 Å². The Labute approximate surface area is 158 Å². The van der Waals surface area contributed by atoms with E-state index in [9.17, 15) is 4.79 Å². The average Bonchev–Trinajstić information content (AvgIpc) is 3.40. The summed E-state index contributed by atoms with van der Waals surface area (Å²) in [4.78, 5) is 19.5. The summed E-state index contributed by atoms with van der Waals surface area (Å²) in [5, 5.41) is 4.05. The van der Waals surface area contributed by atoms with Crippen molar-refractivity contribution in [2.24, 2.45) is 0 Å². The second kappa shape index (κ2) is 7.02. The van der Waals surface area contributed by atoms with E-state index < -0.39 is 0 Å². The molecule has 0 unspecified atom stereocenters. The predicted molar refractivity (Wildman–Crippen MR) is 100 cm³/mol. The fraction of sp³-hybridized carbons (Fsp3) is 0.381. The third-order valence-corrected chi connectivity index (χ3v) is 4.91. The molecule has 1 saturated heterocycles. The van der Waals surface area contributed by atoms with Crippen LogP contribution in [0.15, 0.2) is 45.3 Å². The van der Waals surface area contributed by atoms with Crippen molar-refractivity contribution in [1.29, 1.82) is 0 Å². The first-order valence-electron chi connectivity index (χ1n) is 9.34. The van der Waals surface area contributed by atoms with Crippen LogP contribution in [0.25, 0.3) is 11.3 Å². The van der Waals surface area contributed by atoms with Crippen LogP contribution in [-0.2, 0) is 0 Å². The Morgan fingerprint density at radius 1 is 1.26 bits per heavy atom. The van der Waals surface area contributed by atoms with Gasteiger partial charge in [-0.3, -0.25) is 4.79 Å². The SMILES string of the molecule is Cc1ccc(-c2cccc(C(=O)N3CCC[C@@H]3c3nc(C(C)C)no3)c2)o1. The van der Waals surface area contributed by atoms with E-state index in [4.69, 9.17) is 8.94 Å². The molecule has 1 aromatic carbocycles. The van der Waals surface area contributed by atoms with Gasteiger partial charge >= 0.3 is 0 Å². The van der Waals surface area contributed by atoms with E-state index in [1.807, 2.05) is 62.1 Å². The lowest BCUT2D eigenvalue weighted by atomic mass is 10.1. The van der Waals surface area contributed by atoms with E-state index >= 15 is 0 Å². The molecule has 0 aliphatic carbocycles. The fourth-order valence-corrected chi connectivity index (χ4v) is 3.44. The molecule has 1 amide bonds. The molecule has 1 atom stereocenters. The molecular weight excluding hydrogens is 342 g/mol. The standard InChI is InChI=1S/C21H23N3O3/c1-13(2)19-22-20(27-23-19)17-8-5-11-24(17)21(25)16-7-4-6-15(12-16)18-10-9-14(3)26-18/h4,6-7,9-10,12-13,17H,5,8,11H2,1-3H3/t17-/m1/s1. The molecule has 0 saturated carbocycles. The lowest BCUT2D eigenvalue weighted by Gasteiger charge is -2.22. The van der Waals surface area contributed by atoms with Crippen LogP contribution in [0.1, 0.15) is 66.5 Å². The molecule has 0 N–H and O–H groups in total. The third-order valence-electron chi connectivity index (χ3n) is 4.91. The zero-order valence-electron chi connectivity index (χ0n) is 15.8. The lowest BCUT2D eigenvalue weighted by Crippen LogP contribution is -2.30. The van der Waals surface area contributed by atoms with Gasteiger partial charge in [-0.05, 0) is 44.0 Å². The molecule has 2 aromatic heterocycles. The van der Waals surface area contributed by atoms with Gasteiger partial charge in [0.25, 0.3) is 5.91 Å². The van der Waals surface area contributed by atoms with Crippen molar-refractivity contribution in [2.45, 2.75) is 45.6 Å². The second-order valence-corrected chi connectivity index (χ2v) is 7.29. The highest BCUT2D eigenvalue weighted by Gasteiger charge is 2.34. The molecule has 27 heavy (non-hydrogen) atoms. The number of hydrogen-bond donors (Lipinski definition) is 0. The second-order valence-electron chi connectivity index (χ2n) is 7.29. The first-order chi connectivity index (χ1) is 13.0. The molecule has 4 rings (SSSR count). The minimum atomic E-state index is -0.160. The highest BCUT2D eigenvalue weighted by molar-refractivity contribution is 5.95. The van der Waals surface area contributed by atoms with E-state index in [-0.39, 0.29) is 17.9 Å². The first kappa shape index (κ1) is 17.5. The molecule has 1 fully saturated rings.